The number of benzene rings is 1. The fourth-order valence-electron chi connectivity index (χ4n) is 8.39. The quantitative estimate of drug-likeness (QED) is 0.491. The van der Waals surface area contributed by atoms with Gasteiger partial charge < -0.3 is 4.90 Å². The summed E-state index contributed by atoms with van der Waals surface area (Å²) >= 11 is 2.32. The molecule has 6 rings (SSSR count). The molecule has 0 aromatic heterocycles. The lowest BCUT2D eigenvalue weighted by molar-refractivity contribution is -0.114. The summed E-state index contributed by atoms with van der Waals surface area (Å²) in [4.78, 5) is 14.4. The van der Waals surface area contributed by atoms with Gasteiger partial charge in [0.15, 0.2) is 5.78 Å². The first kappa shape index (κ1) is 21.1. The number of hydrogen-bond donors (Lipinski definition) is 0. The summed E-state index contributed by atoms with van der Waals surface area (Å²) in [5, 5.41) is 0. The summed E-state index contributed by atoms with van der Waals surface area (Å²) in [6, 6.07) is 9.43. The van der Waals surface area contributed by atoms with E-state index in [-0.39, 0.29) is 0 Å². The van der Waals surface area contributed by atoms with Crippen LogP contribution in [0.4, 0.5) is 5.69 Å². The molecule has 0 N–H and O–H groups in total. The zero-order valence-electron chi connectivity index (χ0n) is 20.0. The molecule has 2 unspecified atom stereocenters. The van der Waals surface area contributed by atoms with E-state index in [2.05, 4.69) is 61.9 Å². The molecule has 32 heavy (non-hydrogen) atoms. The molecular formula is C29H37NOS. The summed E-state index contributed by atoms with van der Waals surface area (Å²) < 4.78 is 0.508. The molecule has 1 spiro atoms. The van der Waals surface area contributed by atoms with Crippen LogP contribution in [0.25, 0.3) is 0 Å². The number of carbonyl (C=O) groups is 1. The maximum Gasteiger partial charge on any atom is 0.156 e. The Hall–Kier alpha value is -1.48. The largest absolute Gasteiger partial charge is 0.378 e. The van der Waals surface area contributed by atoms with Crippen molar-refractivity contribution in [2.24, 2.45) is 17.3 Å². The SMILES string of the molecule is CN(C)c1ccc([C@H]2C[C@@]3(C)C(CC[C@@]34CCCS4)C3CCC4=CC(=O)CCC4=C32)cc1. The van der Waals surface area contributed by atoms with E-state index in [9.17, 15) is 4.79 Å². The van der Waals surface area contributed by atoms with Crippen molar-refractivity contribution in [2.75, 3.05) is 24.7 Å². The number of carbonyl (C=O) groups excluding carboxylic acids is 1. The molecule has 0 amide bonds. The molecule has 0 bridgehead atoms. The van der Waals surface area contributed by atoms with E-state index in [0.29, 0.717) is 34.2 Å². The zero-order valence-corrected chi connectivity index (χ0v) is 20.8. The van der Waals surface area contributed by atoms with Gasteiger partial charge in [0.1, 0.15) is 0 Å². The Kier molecular flexibility index (Phi) is 4.95. The molecule has 4 aliphatic carbocycles. The van der Waals surface area contributed by atoms with E-state index >= 15 is 0 Å². The van der Waals surface area contributed by atoms with Crippen molar-refractivity contribution in [1.82, 2.24) is 0 Å². The molecule has 2 nitrogen and oxygen atoms in total. The number of rotatable bonds is 2. The number of ketones is 1. The van der Waals surface area contributed by atoms with E-state index in [1.54, 1.807) is 11.1 Å². The molecule has 5 aliphatic rings. The molecule has 2 saturated carbocycles. The highest BCUT2D eigenvalue weighted by atomic mass is 32.2. The summed E-state index contributed by atoms with van der Waals surface area (Å²) in [6.07, 6.45) is 13.0. The Balaban J connectivity index is 1.50. The number of fused-ring (bicyclic) bond motifs is 5. The molecule has 1 heterocycles. The lowest BCUT2D eigenvalue weighted by atomic mass is 9.51. The second-order valence-electron chi connectivity index (χ2n) is 11.5. The van der Waals surface area contributed by atoms with Crippen LogP contribution in [0.15, 0.2) is 47.1 Å². The topological polar surface area (TPSA) is 20.3 Å². The summed E-state index contributed by atoms with van der Waals surface area (Å²) in [5.74, 6) is 3.76. The Morgan fingerprint density at radius 2 is 1.84 bits per heavy atom. The lowest BCUT2D eigenvalue weighted by Crippen LogP contribution is -2.49. The van der Waals surface area contributed by atoms with Crippen LogP contribution in [0.2, 0.25) is 0 Å². The van der Waals surface area contributed by atoms with Crippen LogP contribution in [-0.2, 0) is 4.79 Å². The molecule has 1 saturated heterocycles. The van der Waals surface area contributed by atoms with Gasteiger partial charge in [-0.3, -0.25) is 4.79 Å². The zero-order chi connectivity index (χ0) is 22.1. The van der Waals surface area contributed by atoms with E-state index in [1.807, 2.05) is 6.08 Å². The number of nitrogens with zero attached hydrogens (tertiary/aromatic N) is 1. The first-order chi connectivity index (χ1) is 15.4. The molecule has 1 aliphatic heterocycles. The predicted molar refractivity (Wildman–Crippen MR) is 135 cm³/mol. The molecule has 1 aromatic rings. The highest BCUT2D eigenvalue weighted by Gasteiger charge is 2.63. The number of hydrogen-bond acceptors (Lipinski definition) is 3. The van der Waals surface area contributed by atoms with Crippen molar-refractivity contribution in [3.63, 3.8) is 0 Å². The Morgan fingerprint density at radius 1 is 1.03 bits per heavy atom. The van der Waals surface area contributed by atoms with Crippen molar-refractivity contribution in [3.8, 4) is 0 Å². The van der Waals surface area contributed by atoms with E-state index in [4.69, 9.17) is 0 Å². The molecule has 0 radical (unpaired) electrons. The van der Waals surface area contributed by atoms with Gasteiger partial charge in [-0.05, 0) is 109 Å². The fraction of sp³-hybridized carbons (Fsp3) is 0.621. The average molecular weight is 448 g/mol. The number of anilines is 1. The van der Waals surface area contributed by atoms with Gasteiger partial charge in [-0.25, -0.2) is 0 Å². The summed E-state index contributed by atoms with van der Waals surface area (Å²) in [5.41, 5.74) is 7.93. The van der Waals surface area contributed by atoms with Crippen molar-refractivity contribution in [3.05, 3.63) is 52.6 Å². The van der Waals surface area contributed by atoms with Gasteiger partial charge in [-0.15, -0.1) is 0 Å². The van der Waals surface area contributed by atoms with Gasteiger partial charge in [0.25, 0.3) is 0 Å². The standard InChI is InChI=1S/C29H37NOS/c1-28-18-25(19-5-8-21(9-6-19)30(2)3)27-23-12-10-22(31)17-20(23)7-11-24(27)26(28)13-15-29(28)14-4-16-32-29/h5-6,8-9,17,24-26H,4,7,10-16,18H2,1-3H3/t24?,25-,26?,28+,29+/m1/s1. The Labute approximate surface area is 197 Å². The van der Waals surface area contributed by atoms with Crippen molar-refractivity contribution >= 4 is 23.2 Å². The maximum atomic E-state index is 12.2. The summed E-state index contributed by atoms with van der Waals surface area (Å²) in [7, 11) is 4.25. The number of allylic oxidation sites excluding steroid dienone is 4. The van der Waals surface area contributed by atoms with E-state index in [1.165, 1.54) is 61.1 Å². The van der Waals surface area contributed by atoms with Crippen LogP contribution >= 0.6 is 11.8 Å². The molecule has 5 atom stereocenters. The van der Waals surface area contributed by atoms with Crippen molar-refractivity contribution in [1.29, 1.82) is 0 Å². The van der Waals surface area contributed by atoms with Gasteiger partial charge in [0.2, 0.25) is 0 Å². The third kappa shape index (κ3) is 2.95. The average Bonchev–Trinajstić information content (AvgIpc) is 3.39. The second-order valence-corrected chi connectivity index (χ2v) is 12.9. The maximum absolute atomic E-state index is 12.2. The van der Waals surface area contributed by atoms with Gasteiger partial charge in [0.05, 0.1) is 0 Å². The Bertz CT molecular complexity index is 996. The van der Waals surface area contributed by atoms with Crippen molar-refractivity contribution in [2.45, 2.75) is 75.4 Å². The number of thioether (sulfide) groups is 1. The molecule has 3 heteroatoms. The third-order valence-corrected chi connectivity index (χ3v) is 11.9. The van der Waals surface area contributed by atoms with Gasteiger partial charge >= 0.3 is 0 Å². The van der Waals surface area contributed by atoms with Gasteiger partial charge in [0, 0.05) is 36.9 Å². The first-order valence-electron chi connectivity index (χ1n) is 12.8. The van der Waals surface area contributed by atoms with Crippen LogP contribution in [0.1, 0.15) is 76.2 Å². The van der Waals surface area contributed by atoms with Crippen LogP contribution in [0.3, 0.4) is 0 Å². The minimum atomic E-state index is 0.345. The minimum absolute atomic E-state index is 0.345. The van der Waals surface area contributed by atoms with Crippen molar-refractivity contribution < 1.29 is 4.79 Å². The monoisotopic (exact) mass is 447 g/mol. The summed E-state index contributed by atoms with van der Waals surface area (Å²) in [6.45, 7) is 2.68. The molecule has 1 aromatic carbocycles. The van der Waals surface area contributed by atoms with Crippen LogP contribution in [0.5, 0.6) is 0 Å². The first-order valence-corrected chi connectivity index (χ1v) is 13.8. The fourth-order valence-corrected chi connectivity index (χ4v) is 10.2. The second kappa shape index (κ2) is 7.52. The molecular weight excluding hydrogens is 410 g/mol. The lowest BCUT2D eigenvalue weighted by Gasteiger charge is -2.55. The van der Waals surface area contributed by atoms with Crippen LogP contribution < -0.4 is 4.90 Å². The van der Waals surface area contributed by atoms with Crippen LogP contribution in [0, 0.1) is 17.3 Å². The van der Waals surface area contributed by atoms with Gasteiger partial charge in [-0.1, -0.05) is 24.6 Å². The molecule has 170 valence electrons. The smallest absolute Gasteiger partial charge is 0.156 e. The Morgan fingerprint density at radius 3 is 2.56 bits per heavy atom. The predicted octanol–water partition coefficient (Wildman–Crippen LogP) is 6.92. The minimum Gasteiger partial charge on any atom is -0.378 e. The van der Waals surface area contributed by atoms with E-state index in [0.717, 1.165) is 18.8 Å². The van der Waals surface area contributed by atoms with Crippen LogP contribution in [-0.4, -0.2) is 30.4 Å². The van der Waals surface area contributed by atoms with E-state index < -0.39 is 0 Å². The third-order valence-electron chi connectivity index (χ3n) is 9.94. The highest BCUT2D eigenvalue weighted by Crippen LogP contribution is 2.72. The van der Waals surface area contributed by atoms with Gasteiger partial charge in [-0.2, -0.15) is 11.8 Å². The highest BCUT2D eigenvalue weighted by molar-refractivity contribution is 8.01. The molecule has 3 fully saturated rings. The normalized spacial score (nSPS) is 38.4.